The first-order valence-electron chi connectivity index (χ1n) is 5.47. The summed E-state index contributed by atoms with van der Waals surface area (Å²) in [7, 11) is 4.23. The van der Waals surface area contributed by atoms with Gasteiger partial charge in [-0.3, -0.25) is 4.48 Å². The van der Waals surface area contributed by atoms with Crippen molar-refractivity contribution in [2.45, 2.75) is 0 Å². The third-order valence-electron chi connectivity index (χ3n) is 2.38. The minimum absolute atomic E-state index is 0.688. The third-order valence-corrected chi connectivity index (χ3v) is 2.38. The van der Waals surface area contributed by atoms with E-state index in [9.17, 15) is 0 Å². The van der Waals surface area contributed by atoms with Gasteiger partial charge >= 0.3 is 0 Å². The third kappa shape index (κ3) is 4.50. The van der Waals surface area contributed by atoms with Crippen molar-refractivity contribution in [3.8, 4) is 6.07 Å². The zero-order chi connectivity index (χ0) is 12.6. The topological polar surface area (TPSA) is 23.8 Å². The van der Waals surface area contributed by atoms with E-state index in [4.69, 9.17) is 5.26 Å². The summed E-state index contributed by atoms with van der Waals surface area (Å²) in [6, 6.07) is 12.2. The van der Waals surface area contributed by atoms with Crippen molar-refractivity contribution in [1.29, 1.82) is 5.26 Å². The minimum Gasteiger partial charge on any atom is -0.270 e. The number of nitriles is 1. The van der Waals surface area contributed by atoms with Crippen LogP contribution in [0.25, 0.3) is 0 Å². The van der Waals surface area contributed by atoms with Gasteiger partial charge in [0.1, 0.15) is 11.9 Å². The Balaban J connectivity index is 2.68. The van der Waals surface area contributed by atoms with E-state index >= 15 is 0 Å². The van der Waals surface area contributed by atoms with E-state index in [0.29, 0.717) is 4.48 Å². The van der Waals surface area contributed by atoms with Crippen LogP contribution in [0, 0.1) is 11.3 Å². The van der Waals surface area contributed by atoms with Gasteiger partial charge in [-0.05, 0) is 18.2 Å². The molecule has 0 radical (unpaired) electrons. The summed E-state index contributed by atoms with van der Waals surface area (Å²) in [6.07, 6.45) is 11.0. The first-order valence-corrected chi connectivity index (χ1v) is 5.47. The molecule has 0 spiro atoms. The van der Waals surface area contributed by atoms with Gasteiger partial charge in [0.05, 0.1) is 20.2 Å². The van der Waals surface area contributed by atoms with E-state index in [1.54, 1.807) is 6.08 Å². The lowest BCUT2D eigenvalue weighted by Gasteiger charge is -2.23. The van der Waals surface area contributed by atoms with Gasteiger partial charge in [0.15, 0.2) is 0 Å². The molecule has 0 unspecified atom stereocenters. The van der Waals surface area contributed by atoms with Crippen LogP contribution in [0.2, 0.25) is 0 Å². The fourth-order valence-corrected chi connectivity index (χ4v) is 1.39. The lowest BCUT2D eigenvalue weighted by atomic mass is 10.3. The Morgan fingerprint density at radius 2 is 1.65 bits per heavy atom. The molecule has 0 saturated heterocycles. The highest BCUT2D eigenvalue weighted by molar-refractivity contribution is 5.43. The maximum absolute atomic E-state index is 8.31. The van der Waals surface area contributed by atoms with E-state index in [1.165, 1.54) is 11.8 Å². The van der Waals surface area contributed by atoms with Crippen molar-refractivity contribution in [3.63, 3.8) is 0 Å². The molecule has 0 heterocycles. The molecular formula is C15H17N2+. The predicted molar refractivity (Wildman–Crippen MR) is 73.1 cm³/mol. The van der Waals surface area contributed by atoms with E-state index in [2.05, 4.69) is 32.4 Å². The Hall–Kier alpha value is -2.11. The molecular weight excluding hydrogens is 208 g/mol. The molecule has 0 N–H and O–H groups in total. The molecule has 0 aliphatic rings. The van der Waals surface area contributed by atoms with E-state index in [-0.39, 0.29) is 0 Å². The Bertz CT molecular complexity index is 459. The molecule has 1 aromatic carbocycles. The first kappa shape index (κ1) is 13.0. The molecule has 0 fully saturated rings. The molecule has 17 heavy (non-hydrogen) atoms. The van der Waals surface area contributed by atoms with Gasteiger partial charge in [-0.2, -0.15) is 5.26 Å². The SMILES string of the molecule is C[N+](C)(C=CC=CC=CC#N)c1ccccc1. The van der Waals surface area contributed by atoms with E-state index in [1.807, 2.05) is 42.5 Å². The van der Waals surface area contributed by atoms with Crippen LogP contribution in [0.15, 0.2) is 66.9 Å². The highest BCUT2D eigenvalue weighted by Crippen LogP contribution is 2.18. The first-order chi connectivity index (χ1) is 8.17. The lowest BCUT2D eigenvalue weighted by molar-refractivity contribution is 0.540. The molecule has 2 heteroatoms. The summed E-state index contributed by atoms with van der Waals surface area (Å²) in [5.41, 5.74) is 1.23. The molecule has 2 nitrogen and oxygen atoms in total. The smallest absolute Gasteiger partial charge is 0.136 e. The van der Waals surface area contributed by atoms with Crippen molar-refractivity contribution >= 4 is 5.69 Å². The summed E-state index contributed by atoms with van der Waals surface area (Å²) >= 11 is 0. The molecule has 0 atom stereocenters. The fraction of sp³-hybridized carbons (Fsp3) is 0.133. The average Bonchev–Trinajstić information content (AvgIpc) is 2.35. The molecule has 0 bridgehead atoms. The summed E-state index contributed by atoms with van der Waals surface area (Å²) in [5, 5.41) is 8.31. The number of benzene rings is 1. The van der Waals surface area contributed by atoms with Crippen molar-refractivity contribution in [2.75, 3.05) is 14.1 Å². The van der Waals surface area contributed by atoms with Gasteiger partial charge in [-0.25, -0.2) is 0 Å². The molecule has 86 valence electrons. The molecule has 1 rings (SSSR count). The summed E-state index contributed by atoms with van der Waals surface area (Å²) in [5.74, 6) is 0. The summed E-state index contributed by atoms with van der Waals surface area (Å²) < 4.78 is 0.688. The van der Waals surface area contributed by atoms with Gasteiger partial charge in [0.25, 0.3) is 0 Å². The Kier molecular flexibility index (Phi) is 4.93. The number of hydrogen-bond donors (Lipinski definition) is 0. The molecule has 0 aliphatic heterocycles. The zero-order valence-corrected chi connectivity index (χ0v) is 10.2. The van der Waals surface area contributed by atoms with Crippen LogP contribution in [0.1, 0.15) is 0 Å². The van der Waals surface area contributed by atoms with Crippen LogP contribution < -0.4 is 4.48 Å². The second-order valence-electron chi connectivity index (χ2n) is 4.09. The maximum atomic E-state index is 8.31. The minimum atomic E-state index is 0.688. The number of hydrogen-bond acceptors (Lipinski definition) is 1. The largest absolute Gasteiger partial charge is 0.270 e. The molecule has 0 aliphatic carbocycles. The van der Waals surface area contributed by atoms with Crippen LogP contribution in [0.3, 0.4) is 0 Å². The van der Waals surface area contributed by atoms with Gasteiger partial charge in [0.2, 0.25) is 0 Å². The van der Waals surface area contributed by atoms with Gasteiger partial charge in [-0.1, -0.05) is 36.4 Å². The predicted octanol–water partition coefficient (Wildman–Crippen LogP) is 3.40. The van der Waals surface area contributed by atoms with Crippen LogP contribution in [-0.4, -0.2) is 14.1 Å². The van der Waals surface area contributed by atoms with E-state index in [0.717, 1.165) is 0 Å². The fourth-order valence-electron chi connectivity index (χ4n) is 1.39. The number of para-hydroxylation sites is 1. The van der Waals surface area contributed by atoms with Gasteiger partial charge in [0, 0.05) is 6.08 Å². The molecule has 1 aromatic rings. The number of quaternary nitrogens is 1. The van der Waals surface area contributed by atoms with Gasteiger partial charge < -0.3 is 0 Å². The quantitative estimate of drug-likeness (QED) is 0.437. The standard InChI is InChI=1S/C15H17N2/c1-17(2,15-11-7-6-8-12-15)14-10-5-3-4-9-13-16/h3-12,14H,1-2H3/q+1. The molecule has 0 amide bonds. The van der Waals surface area contributed by atoms with Crippen LogP contribution in [0.4, 0.5) is 5.69 Å². The zero-order valence-electron chi connectivity index (χ0n) is 10.2. The Labute approximate surface area is 103 Å². The normalized spacial score (nSPS) is 12.5. The lowest BCUT2D eigenvalue weighted by Crippen LogP contribution is -2.33. The van der Waals surface area contributed by atoms with Crippen molar-refractivity contribution in [2.24, 2.45) is 0 Å². The van der Waals surface area contributed by atoms with Crippen LogP contribution in [-0.2, 0) is 0 Å². The van der Waals surface area contributed by atoms with Crippen molar-refractivity contribution in [1.82, 2.24) is 4.48 Å². The van der Waals surface area contributed by atoms with Crippen LogP contribution >= 0.6 is 0 Å². The molecule has 0 aromatic heterocycles. The number of nitrogens with zero attached hydrogens (tertiary/aromatic N) is 2. The monoisotopic (exact) mass is 225 g/mol. The Morgan fingerprint density at radius 1 is 1.00 bits per heavy atom. The second kappa shape index (κ2) is 6.47. The Morgan fingerprint density at radius 3 is 2.29 bits per heavy atom. The van der Waals surface area contributed by atoms with Crippen molar-refractivity contribution in [3.05, 3.63) is 66.9 Å². The average molecular weight is 225 g/mol. The highest BCUT2D eigenvalue weighted by atomic mass is 15.3. The second-order valence-corrected chi connectivity index (χ2v) is 4.09. The number of allylic oxidation sites excluding steroid dienone is 5. The number of rotatable bonds is 4. The summed E-state index contributed by atoms with van der Waals surface area (Å²) in [4.78, 5) is 0. The maximum Gasteiger partial charge on any atom is 0.136 e. The summed E-state index contributed by atoms with van der Waals surface area (Å²) in [6.45, 7) is 0. The van der Waals surface area contributed by atoms with Crippen molar-refractivity contribution < 1.29 is 0 Å². The highest BCUT2D eigenvalue weighted by Gasteiger charge is 2.13. The van der Waals surface area contributed by atoms with E-state index < -0.39 is 0 Å². The molecule has 0 saturated carbocycles. The van der Waals surface area contributed by atoms with Crippen LogP contribution in [0.5, 0.6) is 0 Å². The van der Waals surface area contributed by atoms with Gasteiger partial charge in [-0.15, -0.1) is 0 Å².